The minimum absolute atomic E-state index is 0.103. The molecule has 0 radical (unpaired) electrons. The second-order valence-electron chi connectivity index (χ2n) is 8.61. The minimum atomic E-state index is -5.17. The van der Waals surface area contributed by atoms with E-state index in [0.717, 1.165) is 4.90 Å². The first kappa shape index (κ1) is 25.5. The Bertz CT molecular complexity index is 936. The lowest BCUT2D eigenvalue weighted by molar-refractivity contribution is -0.153. The van der Waals surface area contributed by atoms with Crippen molar-refractivity contribution in [1.29, 1.82) is 0 Å². The van der Waals surface area contributed by atoms with Gasteiger partial charge in [0.1, 0.15) is 0 Å². The monoisotopic (exact) mass is 499 g/mol. The minimum Gasteiger partial charge on any atom is -0.339 e. The van der Waals surface area contributed by atoms with Gasteiger partial charge in [0.2, 0.25) is 17.6 Å². The van der Waals surface area contributed by atoms with Gasteiger partial charge < -0.3 is 15.5 Å². The Hall–Kier alpha value is -2.09. The molecule has 1 aromatic heterocycles. The SMILES string of the molecule is CC1CN(CC(C)(N)CC(=O)N2CCc3c(nc(C(F)(F)F)nc3C(F)(F)F)C2)C(=O)CS1. The summed E-state index contributed by atoms with van der Waals surface area (Å²) >= 11 is 1.51. The Morgan fingerprint density at radius 3 is 2.45 bits per heavy atom. The van der Waals surface area contributed by atoms with Crippen LogP contribution in [0.4, 0.5) is 26.3 Å². The molecule has 0 saturated carbocycles. The topological polar surface area (TPSA) is 92.4 Å². The number of hydrogen-bond donors (Lipinski definition) is 1. The van der Waals surface area contributed by atoms with Crippen LogP contribution in [0, 0.1) is 0 Å². The van der Waals surface area contributed by atoms with Gasteiger partial charge in [-0.25, -0.2) is 9.97 Å². The fourth-order valence-corrected chi connectivity index (χ4v) is 4.77. The van der Waals surface area contributed by atoms with Gasteiger partial charge in [-0.3, -0.25) is 9.59 Å². The van der Waals surface area contributed by atoms with Crippen molar-refractivity contribution in [2.75, 3.05) is 25.4 Å². The van der Waals surface area contributed by atoms with Gasteiger partial charge in [-0.05, 0) is 13.3 Å². The molecule has 2 aliphatic rings. The van der Waals surface area contributed by atoms with Gasteiger partial charge in [-0.2, -0.15) is 26.3 Å². The molecule has 14 heteroatoms. The first-order valence-corrected chi connectivity index (χ1v) is 11.1. The molecule has 2 N–H and O–H groups in total. The van der Waals surface area contributed by atoms with Crippen LogP contribution < -0.4 is 5.73 Å². The van der Waals surface area contributed by atoms with Gasteiger partial charge in [0.05, 0.1) is 18.0 Å². The van der Waals surface area contributed by atoms with Crippen LogP contribution in [0.5, 0.6) is 0 Å². The third kappa shape index (κ3) is 6.08. The molecule has 0 bridgehead atoms. The molecule has 3 rings (SSSR count). The largest absolute Gasteiger partial charge is 0.451 e. The molecule has 3 heterocycles. The molecule has 7 nitrogen and oxygen atoms in total. The maximum atomic E-state index is 13.3. The number of nitrogens with zero attached hydrogens (tertiary/aromatic N) is 4. The summed E-state index contributed by atoms with van der Waals surface area (Å²) in [7, 11) is 0. The van der Waals surface area contributed by atoms with Crippen molar-refractivity contribution < 1.29 is 35.9 Å². The zero-order chi connectivity index (χ0) is 24.8. The molecule has 2 unspecified atom stereocenters. The number of alkyl halides is 6. The molecule has 2 atom stereocenters. The van der Waals surface area contributed by atoms with Crippen LogP contribution >= 0.6 is 11.8 Å². The number of carbonyl (C=O) groups excluding carboxylic acids is 2. The van der Waals surface area contributed by atoms with E-state index in [-0.39, 0.29) is 37.1 Å². The van der Waals surface area contributed by atoms with Gasteiger partial charge in [-0.1, -0.05) is 6.92 Å². The van der Waals surface area contributed by atoms with Crippen molar-refractivity contribution in [2.24, 2.45) is 5.73 Å². The Morgan fingerprint density at radius 1 is 1.18 bits per heavy atom. The second kappa shape index (κ2) is 8.93. The summed E-state index contributed by atoms with van der Waals surface area (Å²) in [5, 5.41) is 0.207. The van der Waals surface area contributed by atoms with E-state index in [0.29, 0.717) is 12.3 Å². The van der Waals surface area contributed by atoms with E-state index in [9.17, 15) is 35.9 Å². The molecule has 2 amide bonds. The molecule has 1 saturated heterocycles. The Kier molecular flexibility index (Phi) is 6.91. The van der Waals surface area contributed by atoms with E-state index < -0.39 is 53.1 Å². The maximum absolute atomic E-state index is 13.3. The number of thioether (sulfide) groups is 1. The van der Waals surface area contributed by atoms with Gasteiger partial charge in [0.25, 0.3) is 0 Å². The number of aromatic nitrogens is 2. The van der Waals surface area contributed by atoms with Crippen molar-refractivity contribution >= 4 is 23.6 Å². The molecule has 0 spiro atoms. The van der Waals surface area contributed by atoms with Gasteiger partial charge in [-0.15, -0.1) is 11.8 Å². The fourth-order valence-electron chi connectivity index (χ4n) is 3.88. The summed E-state index contributed by atoms with van der Waals surface area (Å²) < 4.78 is 79.1. The van der Waals surface area contributed by atoms with Gasteiger partial charge >= 0.3 is 12.4 Å². The van der Waals surface area contributed by atoms with Gasteiger partial charge in [0.15, 0.2) is 5.69 Å². The number of hydrogen-bond acceptors (Lipinski definition) is 6. The Balaban J connectivity index is 1.77. The quantitative estimate of drug-likeness (QED) is 0.640. The fraction of sp³-hybridized carbons (Fsp3) is 0.684. The lowest BCUT2D eigenvalue weighted by Crippen LogP contribution is -2.55. The second-order valence-corrected chi connectivity index (χ2v) is 10.0. The van der Waals surface area contributed by atoms with Crippen molar-refractivity contribution in [1.82, 2.24) is 19.8 Å². The van der Waals surface area contributed by atoms with Crippen LogP contribution in [0.3, 0.4) is 0 Å². The number of halogens is 6. The third-order valence-electron chi connectivity index (χ3n) is 5.37. The number of amides is 2. The van der Waals surface area contributed by atoms with Crippen molar-refractivity contribution in [2.45, 2.75) is 56.4 Å². The smallest absolute Gasteiger partial charge is 0.339 e. The number of rotatable bonds is 4. The molecule has 184 valence electrons. The van der Waals surface area contributed by atoms with E-state index in [1.54, 1.807) is 11.8 Å². The van der Waals surface area contributed by atoms with E-state index in [4.69, 9.17) is 5.73 Å². The molecule has 2 aliphatic heterocycles. The highest BCUT2D eigenvalue weighted by Gasteiger charge is 2.44. The molecular formula is C19H23F6N5O2S. The number of nitrogens with two attached hydrogens (primary N) is 1. The first-order chi connectivity index (χ1) is 15.1. The van der Waals surface area contributed by atoms with E-state index >= 15 is 0 Å². The summed E-state index contributed by atoms with van der Waals surface area (Å²) in [5.41, 5.74) is 2.56. The van der Waals surface area contributed by atoms with Crippen LogP contribution in [-0.2, 0) is 34.9 Å². The summed E-state index contributed by atoms with van der Waals surface area (Å²) in [5.74, 6) is -2.25. The highest BCUT2D eigenvalue weighted by Crippen LogP contribution is 2.37. The lowest BCUT2D eigenvalue weighted by Gasteiger charge is -2.38. The molecule has 0 aliphatic carbocycles. The Labute approximate surface area is 190 Å². The lowest BCUT2D eigenvalue weighted by atomic mass is 9.95. The number of fused-ring (bicyclic) bond motifs is 1. The highest BCUT2D eigenvalue weighted by molar-refractivity contribution is 8.00. The average Bonchev–Trinajstić information content (AvgIpc) is 2.67. The molecular weight excluding hydrogens is 476 g/mol. The maximum Gasteiger partial charge on any atom is 0.451 e. The van der Waals surface area contributed by atoms with Crippen LogP contribution in [-0.4, -0.2) is 67.8 Å². The number of carbonyl (C=O) groups is 2. The predicted molar refractivity (Wildman–Crippen MR) is 107 cm³/mol. The van der Waals surface area contributed by atoms with E-state index in [2.05, 4.69) is 9.97 Å². The Morgan fingerprint density at radius 2 is 1.85 bits per heavy atom. The zero-order valence-corrected chi connectivity index (χ0v) is 18.7. The van der Waals surface area contributed by atoms with Crippen molar-refractivity contribution in [3.63, 3.8) is 0 Å². The van der Waals surface area contributed by atoms with Crippen molar-refractivity contribution in [3.8, 4) is 0 Å². The van der Waals surface area contributed by atoms with E-state index in [1.807, 2.05) is 6.92 Å². The summed E-state index contributed by atoms with van der Waals surface area (Å²) in [4.78, 5) is 33.6. The van der Waals surface area contributed by atoms with Crippen LogP contribution in [0.2, 0.25) is 0 Å². The third-order valence-corrected chi connectivity index (χ3v) is 6.50. The predicted octanol–water partition coefficient (Wildman–Crippen LogP) is 2.47. The van der Waals surface area contributed by atoms with Gasteiger partial charge in [0, 0.05) is 42.4 Å². The summed E-state index contributed by atoms with van der Waals surface area (Å²) in [6.45, 7) is 3.45. The standard InChI is InChI=1S/C19H23F6N5O2S/c1-10-6-30(14(32)8-33-10)9-17(2,26)5-13(31)29-4-3-11-12(7-29)27-16(19(23,24)25)28-15(11)18(20,21)22/h10H,3-9,26H2,1-2H3. The summed E-state index contributed by atoms with van der Waals surface area (Å²) in [6, 6.07) is 0. The summed E-state index contributed by atoms with van der Waals surface area (Å²) in [6.07, 6.45) is -10.8. The first-order valence-electron chi connectivity index (χ1n) is 10.1. The van der Waals surface area contributed by atoms with Crippen molar-refractivity contribution in [3.05, 3.63) is 22.8 Å². The van der Waals surface area contributed by atoms with Crippen LogP contribution in [0.15, 0.2) is 0 Å². The average molecular weight is 499 g/mol. The molecule has 1 aromatic rings. The van der Waals surface area contributed by atoms with Crippen LogP contribution in [0.25, 0.3) is 0 Å². The molecule has 33 heavy (non-hydrogen) atoms. The molecule has 0 aromatic carbocycles. The van der Waals surface area contributed by atoms with Crippen LogP contribution in [0.1, 0.15) is 43.0 Å². The highest BCUT2D eigenvalue weighted by atomic mass is 32.2. The van der Waals surface area contributed by atoms with E-state index in [1.165, 1.54) is 11.8 Å². The zero-order valence-electron chi connectivity index (χ0n) is 17.9. The normalized spacial score (nSPS) is 21.6. The molecule has 1 fully saturated rings.